The van der Waals surface area contributed by atoms with Gasteiger partial charge in [0.2, 0.25) is 10.0 Å². The van der Waals surface area contributed by atoms with E-state index < -0.39 is 27.8 Å². The van der Waals surface area contributed by atoms with Gasteiger partial charge in [-0.3, -0.25) is 9.59 Å². The summed E-state index contributed by atoms with van der Waals surface area (Å²) in [6.45, 7) is 8.75. The van der Waals surface area contributed by atoms with Gasteiger partial charge in [-0.2, -0.15) is 4.31 Å². The Bertz CT molecular complexity index is 1280. The van der Waals surface area contributed by atoms with E-state index in [0.717, 1.165) is 0 Å². The Hall–Kier alpha value is -3.47. The van der Waals surface area contributed by atoms with Crippen molar-refractivity contribution >= 4 is 27.5 Å². The SMILES string of the molecule is C=CCOc1ccc(C2C(=C(O)c3ccc(S(=O)(=O)N(CC)CC)cc3)C(=O)C(=O)N2CCCOC)cc1. The Balaban J connectivity index is 2.05. The van der Waals surface area contributed by atoms with E-state index in [-0.39, 0.29) is 28.3 Å². The Morgan fingerprint density at radius 3 is 2.26 bits per heavy atom. The van der Waals surface area contributed by atoms with Crippen molar-refractivity contribution in [2.24, 2.45) is 0 Å². The van der Waals surface area contributed by atoms with Crippen molar-refractivity contribution in [3.05, 3.63) is 77.9 Å². The number of amides is 1. The molecule has 1 N–H and O–H groups in total. The largest absolute Gasteiger partial charge is 0.507 e. The maximum Gasteiger partial charge on any atom is 0.295 e. The summed E-state index contributed by atoms with van der Waals surface area (Å²) in [7, 11) is -2.14. The number of rotatable bonds is 13. The number of sulfonamides is 1. The minimum Gasteiger partial charge on any atom is -0.507 e. The van der Waals surface area contributed by atoms with Crippen LogP contribution in [0.5, 0.6) is 5.75 Å². The minimum absolute atomic E-state index is 0.0634. The van der Waals surface area contributed by atoms with E-state index >= 15 is 0 Å². The van der Waals surface area contributed by atoms with Gasteiger partial charge in [0.25, 0.3) is 11.7 Å². The molecule has 9 nitrogen and oxygen atoms in total. The van der Waals surface area contributed by atoms with Gasteiger partial charge in [-0.05, 0) is 48.4 Å². The van der Waals surface area contributed by atoms with E-state index in [1.165, 1.54) is 33.5 Å². The van der Waals surface area contributed by atoms with Gasteiger partial charge in [0.15, 0.2) is 0 Å². The monoisotopic (exact) mass is 542 g/mol. The van der Waals surface area contributed by atoms with Gasteiger partial charge in [0, 0.05) is 38.9 Å². The predicted molar refractivity (Wildman–Crippen MR) is 144 cm³/mol. The summed E-state index contributed by atoms with van der Waals surface area (Å²) in [4.78, 5) is 27.7. The number of benzene rings is 2. The van der Waals surface area contributed by atoms with Crippen molar-refractivity contribution in [3.8, 4) is 5.75 Å². The quantitative estimate of drug-likeness (QED) is 0.135. The topological polar surface area (TPSA) is 113 Å². The average molecular weight is 543 g/mol. The van der Waals surface area contributed by atoms with Gasteiger partial charge in [0.1, 0.15) is 18.1 Å². The van der Waals surface area contributed by atoms with E-state index in [0.29, 0.717) is 44.0 Å². The number of aliphatic hydroxyl groups is 1. The standard InChI is InChI=1S/C28H34N2O7S/c1-5-18-37-22-13-9-20(10-14-22)25-24(27(32)28(33)30(25)17-8-19-36-4)26(31)21-11-15-23(16-12-21)38(34,35)29(6-2)7-3/h5,9-16,25,31H,1,6-8,17-19H2,2-4H3. The van der Waals surface area contributed by atoms with Crippen LogP contribution >= 0.6 is 0 Å². The maximum atomic E-state index is 13.2. The first-order valence-corrected chi connectivity index (χ1v) is 13.9. The number of carbonyl (C=O) groups excluding carboxylic acids is 2. The van der Waals surface area contributed by atoms with Crippen molar-refractivity contribution in [2.75, 3.05) is 40.0 Å². The molecular formula is C28H34N2O7S. The fraction of sp³-hybridized carbons (Fsp3) is 0.357. The first kappa shape index (κ1) is 29.1. The zero-order valence-electron chi connectivity index (χ0n) is 21.9. The fourth-order valence-electron chi connectivity index (χ4n) is 4.39. The Kier molecular flexibility index (Phi) is 9.84. The summed E-state index contributed by atoms with van der Waals surface area (Å²) in [6.07, 6.45) is 2.12. The highest BCUT2D eigenvalue weighted by Gasteiger charge is 2.45. The van der Waals surface area contributed by atoms with Crippen LogP contribution < -0.4 is 4.74 Å². The third kappa shape index (κ3) is 5.98. The van der Waals surface area contributed by atoms with Crippen molar-refractivity contribution in [3.63, 3.8) is 0 Å². The number of nitrogens with zero attached hydrogens (tertiary/aromatic N) is 2. The number of hydrogen-bond donors (Lipinski definition) is 1. The van der Waals surface area contributed by atoms with Gasteiger partial charge >= 0.3 is 0 Å². The molecule has 1 atom stereocenters. The van der Waals surface area contributed by atoms with Crippen molar-refractivity contribution in [1.82, 2.24) is 9.21 Å². The number of Topliss-reactive ketones (excluding diaryl/α,β-unsaturated/α-hetero) is 1. The third-order valence-corrected chi connectivity index (χ3v) is 8.39. The molecule has 204 valence electrons. The lowest BCUT2D eigenvalue weighted by atomic mass is 9.95. The van der Waals surface area contributed by atoms with Crippen molar-refractivity contribution in [2.45, 2.75) is 31.2 Å². The Labute approximate surface area is 224 Å². The lowest BCUT2D eigenvalue weighted by Gasteiger charge is -2.25. The summed E-state index contributed by atoms with van der Waals surface area (Å²) in [5, 5.41) is 11.3. The molecule has 0 aliphatic carbocycles. The number of methoxy groups -OCH3 is 1. The van der Waals surface area contributed by atoms with E-state index in [1.54, 1.807) is 51.3 Å². The number of ether oxygens (including phenoxy) is 2. The second kappa shape index (κ2) is 12.9. The molecule has 1 amide bonds. The molecule has 1 saturated heterocycles. The van der Waals surface area contributed by atoms with Crippen LogP contribution in [0.15, 0.2) is 71.7 Å². The molecule has 2 aromatic rings. The molecule has 0 spiro atoms. The molecule has 3 rings (SSSR count). The molecule has 1 unspecified atom stereocenters. The molecule has 10 heteroatoms. The van der Waals surface area contributed by atoms with Crippen LogP contribution in [0.4, 0.5) is 0 Å². The van der Waals surface area contributed by atoms with E-state index in [1.807, 2.05) is 0 Å². The molecular weight excluding hydrogens is 508 g/mol. The van der Waals surface area contributed by atoms with Gasteiger partial charge in [-0.1, -0.05) is 38.6 Å². The summed E-state index contributed by atoms with van der Waals surface area (Å²) in [6, 6.07) is 11.7. The van der Waals surface area contributed by atoms with Crippen molar-refractivity contribution in [1.29, 1.82) is 0 Å². The third-order valence-electron chi connectivity index (χ3n) is 6.32. The van der Waals surface area contributed by atoms with Gasteiger partial charge in [0.05, 0.1) is 16.5 Å². The molecule has 1 fully saturated rings. The van der Waals surface area contributed by atoms with Gasteiger partial charge in [-0.25, -0.2) is 8.42 Å². The maximum absolute atomic E-state index is 13.2. The second-order valence-electron chi connectivity index (χ2n) is 8.62. The number of likely N-dealkylation sites (tertiary alicyclic amines) is 1. The number of carbonyl (C=O) groups is 2. The first-order chi connectivity index (χ1) is 18.2. The summed E-state index contributed by atoms with van der Waals surface area (Å²) in [5.41, 5.74) is 0.788. The molecule has 2 aromatic carbocycles. The lowest BCUT2D eigenvalue weighted by Crippen LogP contribution is -2.31. The molecule has 0 radical (unpaired) electrons. The van der Waals surface area contributed by atoms with Crippen LogP contribution in [-0.4, -0.2) is 74.4 Å². The minimum atomic E-state index is -3.69. The summed E-state index contributed by atoms with van der Waals surface area (Å²) < 4.78 is 37.7. The second-order valence-corrected chi connectivity index (χ2v) is 10.6. The van der Waals surface area contributed by atoms with E-state index in [4.69, 9.17) is 9.47 Å². The van der Waals surface area contributed by atoms with Gasteiger partial charge in [-0.15, -0.1) is 0 Å². The highest BCUT2D eigenvalue weighted by molar-refractivity contribution is 7.89. The molecule has 0 bridgehead atoms. The smallest absolute Gasteiger partial charge is 0.295 e. The summed E-state index contributed by atoms with van der Waals surface area (Å²) >= 11 is 0. The van der Waals surface area contributed by atoms with Crippen LogP contribution in [0.1, 0.15) is 37.4 Å². The predicted octanol–water partition coefficient (Wildman–Crippen LogP) is 3.74. The zero-order valence-corrected chi connectivity index (χ0v) is 22.7. The van der Waals surface area contributed by atoms with Crippen LogP contribution in [0.3, 0.4) is 0 Å². The van der Waals surface area contributed by atoms with E-state index in [9.17, 15) is 23.1 Å². The molecule has 1 aliphatic heterocycles. The van der Waals surface area contributed by atoms with Crippen LogP contribution in [0.25, 0.3) is 5.76 Å². The van der Waals surface area contributed by atoms with Crippen LogP contribution in [-0.2, 0) is 24.3 Å². The molecule has 0 saturated carbocycles. The molecule has 1 heterocycles. The van der Waals surface area contributed by atoms with Crippen LogP contribution in [0.2, 0.25) is 0 Å². The molecule has 1 aliphatic rings. The van der Waals surface area contributed by atoms with E-state index in [2.05, 4.69) is 6.58 Å². The fourth-order valence-corrected chi connectivity index (χ4v) is 5.85. The lowest BCUT2D eigenvalue weighted by molar-refractivity contribution is -0.140. The average Bonchev–Trinajstić information content (AvgIpc) is 3.17. The molecule has 38 heavy (non-hydrogen) atoms. The Morgan fingerprint density at radius 1 is 1.08 bits per heavy atom. The van der Waals surface area contributed by atoms with Crippen LogP contribution in [0, 0.1) is 0 Å². The first-order valence-electron chi connectivity index (χ1n) is 12.4. The Morgan fingerprint density at radius 2 is 1.71 bits per heavy atom. The normalized spacial score (nSPS) is 17.3. The number of ketones is 1. The van der Waals surface area contributed by atoms with Gasteiger partial charge < -0.3 is 19.5 Å². The zero-order chi connectivity index (χ0) is 27.9. The number of hydrogen-bond acceptors (Lipinski definition) is 7. The highest BCUT2D eigenvalue weighted by atomic mass is 32.2. The molecule has 0 aromatic heterocycles. The van der Waals surface area contributed by atoms with Crippen molar-refractivity contribution < 1.29 is 32.6 Å². The number of aliphatic hydroxyl groups excluding tert-OH is 1. The summed E-state index contributed by atoms with van der Waals surface area (Å²) in [5.74, 6) is -1.31. The highest BCUT2D eigenvalue weighted by Crippen LogP contribution is 2.40.